The van der Waals surface area contributed by atoms with Crippen LogP contribution in [0.3, 0.4) is 0 Å². The Morgan fingerprint density at radius 3 is 2.03 bits per heavy atom. The van der Waals surface area contributed by atoms with Crippen LogP contribution in [0.5, 0.6) is 0 Å². The molecule has 3 aliphatic rings. The van der Waals surface area contributed by atoms with Crippen molar-refractivity contribution in [2.45, 2.75) is 106 Å². The molecule has 0 aromatic heterocycles. The number of carbonyl (C=O) groups excluding carboxylic acids is 5. The molecule has 1 amide bonds. The number of likely N-dealkylation sites (tertiary alicyclic amines) is 1. The molecular formula is C29H45NO6. The first-order chi connectivity index (χ1) is 16.3. The number of hydrogen-bond donors (Lipinski definition) is 0. The minimum absolute atomic E-state index is 0.00505. The topological polar surface area (TPSA) is 97.8 Å². The average molecular weight is 504 g/mol. The molecule has 202 valence electrons. The summed E-state index contributed by atoms with van der Waals surface area (Å²) in [5.74, 6) is -2.36. The molecule has 1 heterocycles. The van der Waals surface area contributed by atoms with E-state index in [4.69, 9.17) is 4.74 Å². The lowest BCUT2D eigenvalue weighted by Crippen LogP contribution is -2.51. The fraction of sp³-hybridized carbons (Fsp3) is 0.828. The second-order valence-corrected chi connectivity index (χ2v) is 14.1. The molecule has 3 fully saturated rings. The number of amides is 1. The van der Waals surface area contributed by atoms with Gasteiger partial charge in [0.1, 0.15) is 5.60 Å². The third-order valence-corrected chi connectivity index (χ3v) is 8.44. The number of piperidine rings is 1. The summed E-state index contributed by atoms with van der Waals surface area (Å²) in [6, 6.07) is -0.623. The molecule has 0 aromatic carbocycles. The second-order valence-electron chi connectivity index (χ2n) is 14.1. The number of nitrogens with zero attached hydrogens (tertiary/aromatic N) is 1. The minimum Gasteiger partial charge on any atom is -0.460 e. The van der Waals surface area contributed by atoms with Crippen molar-refractivity contribution in [1.82, 2.24) is 4.90 Å². The van der Waals surface area contributed by atoms with Gasteiger partial charge in [-0.05, 0) is 55.8 Å². The number of fused-ring (bicyclic) bond motifs is 1. The maximum atomic E-state index is 13.9. The number of ketones is 3. The summed E-state index contributed by atoms with van der Waals surface area (Å²) in [7, 11) is 0. The van der Waals surface area contributed by atoms with Crippen LogP contribution in [-0.2, 0) is 28.7 Å². The molecule has 0 aromatic rings. The Hall–Kier alpha value is -2.05. The SMILES string of the molecule is CC(=O)C(=O)[C@@H](CC(=O)[C@@H]1[C@@H]2[C@H](CN1C(=O)[C@@H](CC(=O)OC(C)(C)C)C(C)(C)C)C2(C)C)CC1CC1. The van der Waals surface area contributed by atoms with Gasteiger partial charge in [-0.15, -0.1) is 0 Å². The lowest BCUT2D eigenvalue weighted by Gasteiger charge is -2.37. The standard InChI is InChI=1S/C29H45NO6/c1-16(31)25(34)18(12-17-10-11-17)13-21(32)24-23-20(29(23,8)9)15-30(24)26(35)19(27(2,3)4)14-22(33)36-28(5,6)7/h17-20,23-24H,10-15H2,1-9H3/t18-,19-,20+,23+,24-/m1/s1. The van der Waals surface area contributed by atoms with Crippen LogP contribution in [0.2, 0.25) is 0 Å². The molecule has 2 aliphatic carbocycles. The van der Waals surface area contributed by atoms with E-state index in [-0.39, 0.29) is 41.8 Å². The van der Waals surface area contributed by atoms with Gasteiger partial charge in [-0.2, -0.15) is 0 Å². The van der Waals surface area contributed by atoms with Crippen molar-refractivity contribution < 1.29 is 28.7 Å². The summed E-state index contributed by atoms with van der Waals surface area (Å²) < 4.78 is 5.51. The first-order valence-corrected chi connectivity index (χ1v) is 13.4. The third kappa shape index (κ3) is 6.25. The highest BCUT2D eigenvalue weighted by Gasteiger charge is 2.69. The molecule has 7 heteroatoms. The molecule has 3 rings (SSSR count). The van der Waals surface area contributed by atoms with Crippen molar-refractivity contribution in [2.75, 3.05) is 6.54 Å². The smallest absolute Gasteiger partial charge is 0.307 e. The molecular weight excluding hydrogens is 458 g/mol. The number of carbonyl (C=O) groups is 5. The normalized spacial score (nSPS) is 26.6. The van der Waals surface area contributed by atoms with Gasteiger partial charge in [0.25, 0.3) is 0 Å². The number of rotatable bonds is 10. The van der Waals surface area contributed by atoms with Crippen LogP contribution in [0, 0.1) is 40.4 Å². The van der Waals surface area contributed by atoms with Crippen LogP contribution in [0.4, 0.5) is 0 Å². The average Bonchev–Trinajstić information content (AvgIpc) is 3.55. The van der Waals surface area contributed by atoms with E-state index in [2.05, 4.69) is 13.8 Å². The molecule has 5 atom stereocenters. The second kappa shape index (κ2) is 9.68. The highest BCUT2D eigenvalue weighted by Crippen LogP contribution is 2.65. The fourth-order valence-corrected chi connectivity index (χ4v) is 6.09. The van der Waals surface area contributed by atoms with Crippen molar-refractivity contribution in [3.63, 3.8) is 0 Å². The van der Waals surface area contributed by atoms with Crippen LogP contribution < -0.4 is 0 Å². The fourth-order valence-electron chi connectivity index (χ4n) is 6.09. The Balaban J connectivity index is 1.83. The van der Waals surface area contributed by atoms with Crippen molar-refractivity contribution in [1.29, 1.82) is 0 Å². The molecule has 2 saturated carbocycles. The van der Waals surface area contributed by atoms with E-state index in [1.54, 1.807) is 25.7 Å². The van der Waals surface area contributed by atoms with Crippen LogP contribution in [0.25, 0.3) is 0 Å². The van der Waals surface area contributed by atoms with Gasteiger partial charge in [-0.3, -0.25) is 24.0 Å². The number of Topliss-reactive ketones (excluding diaryl/α,β-unsaturated/α-hetero) is 3. The summed E-state index contributed by atoms with van der Waals surface area (Å²) in [5, 5.41) is 0. The van der Waals surface area contributed by atoms with Crippen LogP contribution in [0.15, 0.2) is 0 Å². The zero-order valence-electron chi connectivity index (χ0n) is 23.6. The predicted octanol–water partition coefficient (Wildman–Crippen LogP) is 4.40. The van der Waals surface area contributed by atoms with Gasteiger partial charge in [0, 0.05) is 25.8 Å². The van der Waals surface area contributed by atoms with Crippen molar-refractivity contribution in [2.24, 2.45) is 40.4 Å². The first kappa shape index (κ1) is 28.5. The number of esters is 1. The molecule has 0 spiro atoms. The minimum atomic E-state index is -0.653. The van der Waals surface area contributed by atoms with Crippen molar-refractivity contribution in [3.05, 3.63) is 0 Å². The maximum Gasteiger partial charge on any atom is 0.307 e. The van der Waals surface area contributed by atoms with Gasteiger partial charge in [0.2, 0.25) is 11.7 Å². The van der Waals surface area contributed by atoms with Crippen molar-refractivity contribution >= 4 is 29.2 Å². The predicted molar refractivity (Wildman–Crippen MR) is 136 cm³/mol. The highest BCUT2D eigenvalue weighted by molar-refractivity contribution is 6.37. The lowest BCUT2D eigenvalue weighted by molar-refractivity contribution is -0.161. The molecule has 1 aliphatic heterocycles. The van der Waals surface area contributed by atoms with E-state index in [1.165, 1.54) is 6.92 Å². The lowest BCUT2D eigenvalue weighted by atomic mass is 9.77. The van der Waals surface area contributed by atoms with E-state index in [0.29, 0.717) is 18.9 Å². The van der Waals surface area contributed by atoms with Gasteiger partial charge < -0.3 is 9.64 Å². The van der Waals surface area contributed by atoms with Gasteiger partial charge >= 0.3 is 5.97 Å². The Kier molecular flexibility index (Phi) is 7.67. The third-order valence-electron chi connectivity index (χ3n) is 8.44. The number of hydrogen-bond acceptors (Lipinski definition) is 6. The van der Waals surface area contributed by atoms with E-state index in [1.807, 2.05) is 20.8 Å². The van der Waals surface area contributed by atoms with Crippen LogP contribution >= 0.6 is 0 Å². The summed E-state index contributed by atoms with van der Waals surface area (Å²) in [6.45, 7) is 17.1. The van der Waals surface area contributed by atoms with E-state index in [0.717, 1.165) is 12.8 Å². The molecule has 0 N–H and O–H groups in total. The number of ether oxygens (including phenoxy) is 1. The Morgan fingerprint density at radius 2 is 1.56 bits per heavy atom. The Labute approximate surface area is 216 Å². The summed E-state index contributed by atoms with van der Waals surface area (Å²) in [4.78, 5) is 66.6. The zero-order valence-corrected chi connectivity index (χ0v) is 23.6. The Bertz CT molecular complexity index is 932. The Morgan fingerprint density at radius 1 is 0.972 bits per heavy atom. The highest BCUT2D eigenvalue weighted by atomic mass is 16.6. The molecule has 7 nitrogen and oxygen atoms in total. The van der Waals surface area contributed by atoms with Gasteiger partial charge in [0.15, 0.2) is 11.6 Å². The molecule has 0 unspecified atom stereocenters. The van der Waals surface area contributed by atoms with E-state index < -0.39 is 46.4 Å². The van der Waals surface area contributed by atoms with E-state index in [9.17, 15) is 24.0 Å². The zero-order chi connectivity index (χ0) is 27.4. The monoisotopic (exact) mass is 503 g/mol. The molecule has 1 saturated heterocycles. The first-order valence-electron chi connectivity index (χ1n) is 13.4. The van der Waals surface area contributed by atoms with Crippen molar-refractivity contribution in [3.8, 4) is 0 Å². The van der Waals surface area contributed by atoms with Crippen LogP contribution in [-0.4, -0.2) is 52.3 Å². The molecule has 0 bridgehead atoms. The van der Waals surface area contributed by atoms with Crippen LogP contribution in [0.1, 0.15) is 94.4 Å². The summed E-state index contributed by atoms with van der Waals surface area (Å²) in [6.07, 6.45) is 2.56. The van der Waals surface area contributed by atoms with E-state index >= 15 is 0 Å². The largest absolute Gasteiger partial charge is 0.460 e. The van der Waals surface area contributed by atoms with Gasteiger partial charge in [-0.1, -0.05) is 47.5 Å². The molecule has 0 radical (unpaired) electrons. The maximum absolute atomic E-state index is 13.9. The summed E-state index contributed by atoms with van der Waals surface area (Å²) in [5.41, 5.74) is -1.22. The summed E-state index contributed by atoms with van der Waals surface area (Å²) >= 11 is 0. The van der Waals surface area contributed by atoms with Gasteiger partial charge in [-0.25, -0.2) is 0 Å². The van der Waals surface area contributed by atoms with Gasteiger partial charge in [0.05, 0.1) is 18.4 Å². The molecule has 36 heavy (non-hydrogen) atoms. The quantitative estimate of drug-likeness (QED) is 0.324.